The Balaban J connectivity index is 1.34. The summed E-state index contributed by atoms with van der Waals surface area (Å²) in [6.07, 6.45) is 5.27. The van der Waals surface area contributed by atoms with Gasteiger partial charge in [-0.1, -0.05) is 41.9 Å². The number of oxime groups is 1. The number of benzene rings is 1. The Kier molecular flexibility index (Phi) is 6.65. The van der Waals surface area contributed by atoms with E-state index in [9.17, 15) is 9.90 Å². The molecule has 2 aliphatic rings. The molecule has 1 atom stereocenters. The first-order valence-corrected chi connectivity index (χ1v) is 11.7. The topological polar surface area (TPSA) is 80.0 Å². The number of hydrogen-bond acceptors (Lipinski definition) is 5. The molecular weight excluding hydrogens is 404 g/mol. The van der Waals surface area contributed by atoms with Crippen LogP contribution in [-0.2, 0) is 22.7 Å². The third-order valence-corrected chi connectivity index (χ3v) is 7.04. The lowest BCUT2D eigenvalue weighted by Crippen LogP contribution is -2.45. The van der Waals surface area contributed by atoms with Crippen LogP contribution in [0.1, 0.15) is 61.4 Å². The van der Waals surface area contributed by atoms with Crippen LogP contribution in [0.2, 0.25) is 0 Å². The van der Waals surface area contributed by atoms with Crippen LogP contribution in [0.4, 0.5) is 0 Å². The van der Waals surface area contributed by atoms with Crippen LogP contribution in [-0.4, -0.2) is 50.7 Å². The van der Waals surface area contributed by atoms with Gasteiger partial charge in [-0.25, -0.2) is 0 Å². The van der Waals surface area contributed by atoms with Crippen LogP contribution in [0.15, 0.2) is 35.6 Å². The Hall–Kier alpha value is -2.67. The molecule has 1 unspecified atom stereocenters. The molecule has 32 heavy (non-hydrogen) atoms. The van der Waals surface area contributed by atoms with Crippen molar-refractivity contribution in [3.05, 3.63) is 52.8 Å². The van der Waals surface area contributed by atoms with E-state index in [0.29, 0.717) is 25.7 Å². The van der Waals surface area contributed by atoms with E-state index in [1.807, 2.05) is 6.20 Å². The Morgan fingerprint density at radius 2 is 1.94 bits per heavy atom. The van der Waals surface area contributed by atoms with Crippen molar-refractivity contribution in [2.45, 2.75) is 72.1 Å². The van der Waals surface area contributed by atoms with Crippen LogP contribution >= 0.6 is 0 Å². The summed E-state index contributed by atoms with van der Waals surface area (Å²) < 4.78 is 2.06. The molecule has 1 N–H and O–H groups in total. The summed E-state index contributed by atoms with van der Waals surface area (Å²) in [7, 11) is 0. The molecule has 7 heteroatoms. The van der Waals surface area contributed by atoms with Gasteiger partial charge in [-0.2, -0.15) is 5.10 Å². The number of carboxylic acid groups (broad SMARTS) is 1. The van der Waals surface area contributed by atoms with Crippen molar-refractivity contribution in [1.82, 2.24) is 14.7 Å². The smallest absolute Gasteiger partial charge is 0.309 e. The minimum absolute atomic E-state index is 0.177. The quantitative estimate of drug-likeness (QED) is 0.669. The molecule has 1 fully saturated rings. The molecule has 0 radical (unpaired) electrons. The number of aliphatic carboxylic acids is 1. The minimum atomic E-state index is -0.749. The molecule has 0 bridgehead atoms. The van der Waals surface area contributed by atoms with Gasteiger partial charge >= 0.3 is 5.97 Å². The van der Waals surface area contributed by atoms with Gasteiger partial charge in [0.15, 0.2) is 0 Å². The molecule has 0 aliphatic carbocycles. The number of rotatable bonds is 8. The second-order valence-corrected chi connectivity index (χ2v) is 9.38. The van der Waals surface area contributed by atoms with E-state index in [-0.39, 0.29) is 6.10 Å². The van der Waals surface area contributed by atoms with Crippen LogP contribution in [0.25, 0.3) is 0 Å². The van der Waals surface area contributed by atoms with Gasteiger partial charge in [-0.05, 0) is 51.8 Å². The average Bonchev–Trinajstić information content (AvgIpc) is 3.38. The molecule has 0 saturated carbocycles. The van der Waals surface area contributed by atoms with Crippen LogP contribution in [0.3, 0.4) is 0 Å². The Bertz CT molecular complexity index is 972. The molecule has 1 aromatic heterocycles. The summed E-state index contributed by atoms with van der Waals surface area (Å²) >= 11 is 0. The molecule has 2 aliphatic heterocycles. The zero-order valence-corrected chi connectivity index (χ0v) is 19.4. The van der Waals surface area contributed by atoms with E-state index < -0.39 is 11.4 Å². The fraction of sp³-hybridized carbons (Fsp3) is 0.560. The highest BCUT2D eigenvalue weighted by Gasteiger charge is 2.45. The van der Waals surface area contributed by atoms with E-state index >= 15 is 0 Å². The van der Waals surface area contributed by atoms with Gasteiger partial charge in [0.1, 0.15) is 6.10 Å². The van der Waals surface area contributed by atoms with Crippen LogP contribution < -0.4 is 0 Å². The lowest BCUT2D eigenvalue weighted by molar-refractivity contribution is -0.155. The van der Waals surface area contributed by atoms with E-state index in [2.05, 4.69) is 64.9 Å². The molecule has 2 aromatic rings. The maximum Gasteiger partial charge on any atom is 0.309 e. The second kappa shape index (κ2) is 9.45. The van der Waals surface area contributed by atoms with Crippen molar-refractivity contribution in [3.63, 3.8) is 0 Å². The van der Waals surface area contributed by atoms with Crippen molar-refractivity contribution in [2.75, 3.05) is 13.1 Å². The standard InChI is InChI=1S/C25H34N4O3/c1-4-11-29-19(3)21(16-26-29)17-28-12-9-25(10-13-28,24(30)31)15-22-14-23(27-32-22)20-7-5-18(2)6-8-20/h5-8,16,22H,4,9-15,17H2,1-3H3,(H,30,31). The van der Waals surface area contributed by atoms with Crippen molar-refractivity contribution in [1.29, 1.82) is 0 Å². The van der Waals surface area contributed by atoms with Gasteiger partial charge < -0.3 is 9.94 Å². The fourth-order valence-electron chi connectivity index (χ4n) is 4.85. The van der Waals surface area contributed by atoms with Crippen molar-refractivity contribution < 1.29 is 14.7 Å². The van der Waals surface area contributed by atoms with Crippen LogP contribution in [0.5, 0.6) is 0 Å². The molecule has 7 nitrogen and oxygen atoms in total. The number of aryl methyl sites for hydroxylation is 2. The molecule has 1 saturated heterocycles. The second-order valence-electron chi connectivity index (χ2n) is 9.38. The number of nitrogens with zero attached hydrogens (tertiary/aromatic N) is 4. The summed E-state index contributed by atoms with van der Waals surface area (Å²) in [6, 6.07) is 8.23. The lowest BCUT2D eigenvalue weighted by atomic mass is 9.73. The van der Waals surface area contributed by atoms with Crippen molar-refractivity contribution in [2.24, 2.45) is 10.6 Å². The van der Waals surface area contributed by atoms with Gasteiger partial charge in [0.05, 0.1) is 17.3 Å². The molecule has 3 heterocycles. The predicted molar refractivity (Wildman–Crippen MR) is 124 cm³/mol. The van der Waals surface area contributed by atoms with Crippen LogP contribution in [0, 0.1) is 19.3 Å². The van der Waals surface area contributed by atoms with E-state index in [1.54, 1.807) is 0 Å². The molecule has 0 spiro atoms. The van der Waals surface area contributed by atoms with Crippen molar-refractivity contribution >= 4 is 11.7 Å². The molecule has 1 aromatic carbocycles. The number of piperidine rings is 1. The first-order valence-electron chi connectivity index (χ1n) is 11.7. The number of aromatic nitrogens is 2. The summed E-state index contributed by atoms with van der Waals surface area (Å²) in [5.41, 5.74) is 4.86. The Morgan fingerprint density at radius 1 is 1.22 bits per heavy atom. The zero-order valence-electron chi connectivity index (χ0n) is 19.4. The van der Waals surface area contributed by atoms with Crippen molar-refractivity contribution in [3.8, 4) is 0 Å². The molecule has 172 valence electrons. The molecule has 4 rings (SSSR count). The molecule has 0 amide bonds. The fourth-order valence-corrected chi connectivity index (χ4v) is 4.85. The molecular formula is C25H34N4O3. The van der Waals surface area contributed by atoms with Gasteiger partial charge in [0, 0.05) is 37.2 Å². The Labute approximate surface area is 190 Å². The maximum absolute atomic E-state index is 12.3. The van der Waals surface area contributed by atoms with E-state index in [1.165, 1.54) is 16.8 Å². The summed E-state index contributed by atoms with van der Waals surface area (Å²) in [5.74, 6) is -0.712. The predicted octanol–water partition coefficient (Wildman–Crippen LogP) is 4.16. The monoisotopic (exact) mass is 438 g/mol. The number of likely N-dealkylation sites (tertiary alicyclic amines) is 1. The number of hydrogen-bond donors (Lipinski definition) is 1. The average molecular weight is 439 g/mol. The largest absolute Gasteiger partial charge is 0.481 e. The summed E-state index contributed by atoms with van der Waals surface area (Å²) in [5, 5.41) is 18.9. The lowest BCUT2D eigenvalue weighted by Gasteiger charge is -2.39. The summed E-state index contributed by atoms with van der Waals surface area (Å²) in [4.78, 5) is 20.4. The van der Waals surface area contributed by atoms with E-state index in [4.69, 9.17) is 4.84 Å². The maximum atomic E-state index is 12.3. The van der Waals surface area contributed by atoms with Gasteiger partial charge in [-0.15, -0.1) is 0 Å². The third-order valence-electron chi connectivity index (χ3n) is 7.04. The van der Waals surface area contributed by atoms with Gasteiger partial charge in [0.25, 0.3) is 0 Å². The highest BCUT2D eigenvalue weighted by molar-refractivity contribution is 6.01. The minimum Gasteiger partial charge on any atom is -0.481 e. The first-order chi connectivity index (χ1) is 15.4. The number of carboxylic acids is 1. The van der Waals surface area contributed by atoms with Gasteiger partial charge in [0.2, 0.25) is 0 Å². The highest BCUT2D eigenvalue weighted by Crippen LogP contribution is 2.39. The summed E-state index contributed by atoms with van der Waals surface area (Å²) in [6.45, 7) is 9.62. The third kappa shape index (κ3) is 4.72. The normalized spacial score (nSPS) is 20.7. The SMILES string of the molecule is CCCn1ncc(CN2CCC(CC3CC(c4ccc(C)cc4)=NO3)(C(=O)O)CC2)c1C. The highest BCUT2D eigenvalue weighted by atomic mass is 16.6. The first kappa shape index (κ1) is 22.5. The van der Waals surface area contributed by atoms with E-state index in [0.717, 1.165) is 43.9 Å². The number of carbonyl (C=O) groups is 1. The zero-order chi connectivity index (χ0) is 22.7. The Morgan fingerprint density at radius 3 is 2.59 bits per heavy atom. The van der Waals surface area contributed by atoms with Gasteiger partial charge in [-0.3, -0.25) is 14.4 Å².